The summed E-state index contributed by atoms with van der Waals surface area (Å²) in [4.78, 5) is 12.2. The van der Waals surface area contributed by atoms with E-state index in [-0.39, 0.29) is 5.57 Å². The van der Waals surface area contributed by atoms with Crippen LogP contribution in [0.3, 0.4) is 0 Å². The summed E-state index contributed by atoms with van der Waals surface area (Å²) < 4.78 is 17.7. The zero-order chi connectivity index (χ0) is 21.5. The van der Waals surface area contributed by atoms with Gasteiger partial charge in [-0.25, -0.2) is 4.79 Å². The van der Waals surface area contributed by atoms with Crippen LogP contribution in [0.2, 0.25) is 0 Å². The summed E-state index contributed by atoms with van der Waals surface area (Å²) in [6.07, 6.45) is 0.681. The van der Waals surface area contributed by atoms with E-state index < -0.39 is 5.97 Å². The fourth-order valence-electron chi connectivity index (χ4n) is 2.62. The highest BCUT2D eigenvalue weighted by molar-refractivity contribution is 7.80. The average Bonchev–Trinajstić information content (AvgIpc) is 3.19. The summed E-state index contributed by atoms with van der Waals surface area (Å²) in [5.41, 5.74) is 1.61. The molecular formula is C22H20O5S3. The molecule has 0 bridgehead atoms. The minimum Gasteiger partial charge on any atom is -0.493 e. The maximum absolute atomic E-state index is 11.0. The molecular weight excluding hydrogens is 440 g/mol. The molecule has 3 aromatic rings. The zero-order valence-corrected chi connectivity index (χ0v) is 18.7. The molecule has 1 heterocycles. The van der Waals surface area contributed by atoms with Crippen molar-refractivity contribution in [2.45, 2.75) is 6.42 Å². The van der Waals surface area contributed by atoms with E-state index in [1.807, 2.05) is 30.3 Å². The molecule has 0 aliphatic carbocycles. The monoisotopic (exact) mass is 460 g/mol. The van der Waals surface area contributed by atoms with Crippen molar-refractivity contribution in [2.24, 2.45) is 0 Å². The van der Waals surface area contributed by atoms with Crippen LogP contribution in [0.5, 0.6) is 17.2 Å². The molecule has 0 amide bonds. The first-order chi connectivity index (χ1) is 14.5. The molecule has 8 heteroatoms. The molecule has 30 heavy (non-hydrogen) atoms. The first kappa shape index (κ1) is 22.0. The molecule has 0 atom stereocenters. The van der Waals surface area contributed by atoms with Gasteiger partial charge in [-0.1, -0.05) is 45.5 Å². The molecule has 0 saturated heterocycles. The molecule has 1 N–H and O–H groups in total. The Morgan fingerprint density at radius 3 is 2.40 bits per heavy atom. The summed E-state index contributed by atoms with van der Waals surface area (Å²) in [5.74, 6) is 0.730. The highest BCUT2D eigenvalue weighted by Gasteiger charge is 2.12. The third-order valence-corrected chi connectivity index (χ3v) is 7.10. The molecule has 2 aromatic carbocycles. The van der Waals surface area contributed by atoms with Crippen molar-refractivity contribution >= 4 is 44.4 Å². The summed E-state index contributed by atoms with van der Waals surface area (Å²) in [6, 6.07) is 14.9. The minimum atomic E-state index is -1.07. The number of ether oxygens (including phenoxy) is 3. The molecule has 3 rings (SSSR count). The van der Waals surface area contributed by atoms with Gasteiger partial charge < -0.3 is 19.3 Å². The lowest BCUT2D eigenvalue weighted by Crippen LogP contribution is -2.06. The lowest BCUT2D eigenvalue weighted by Gasteiger charge is -2.13. The molecule has 0 radical (unpaired) electrons. The Balaban J connectivity index is 1.47. The Labute approximate surface area is 187 Å². The lowest BCUT2D eigenvalue weighted by molar-refractivity contribution is -0.130. The first-order valence-corrected chi connectivity index (χ1v) is 11.6. The van der Waals surface area contributed by atoms with Crippen LogP contribution in [-0.2, 0) is 4.79 Å². The van der Waals surface area contributed by atoms with Gasteiger partial charge in [0.2, 0.25) is 0 Å². The molecule has 0 saturated carbocycles. The third kappa shape index (κ3) is 5.69. The number of methoxy groups -OCH3 is 1. The quantitative estimate of drug-likeness (QED) is 0.169. The second-order valence-corrected chi connectivity index (χ2v) is 9.13. The Kier molecular flexibility index (Phi) is 7.62. The van der Waals surface area contributed by atoms with Crippen molar-refractivity contribution < 1.29 is 24.1 Å². The normalized spacial score (nSPS) is 10.4. The van der Waals surface area contributed by atoms with Gasteiger partial charge in [0.05, 0.1) is 25.9 Å². The van der Waals surface area contributed by atoms with Gasteiger partial charge in [0.25, 0.3) is 0 Å². The Morgan fingerprint density at radius 2 is 1.77 bits per heavy atom. The van der Waals surface area contributed by atoms with E-state index >= 15 is 0 Å². The van der Waals surface area contributed by atoms with Gasteiger partial charge in [-0.05, 0) is 53.6 Å². The molecule has 0 aliphatic heterocycles. The molecule has 0 aliphatic rings. The van der Waals surface area contributed by atoms with Gasteiger partial charge >= 0.3 is 5.97 Å². The van der Waals surface area contributed by atoms with Crippen molar-refractivity contribution in [3.8, 4) is 27.7 Å². The number of carbonyl (C=O) groups is 1. The van der Waals surface area contributed by atoms with Crippen LogP contribution in [0.25, 0.3) is 16.0 Å². The molecule has 0 unspecified atom stereocenters. The van der Waals surface area contributed by atoms with Gasteiger partial charge in [-0.2, -0.15) is 0 Å². The van der Waals surface area contributed by atoms with Gasteiger partial charge in [0.1, 0.15) is 9.57 Å². The number of aliphatic carboxylic acids is 1. The molecule has 1 aromatic heterocycles. The second kappa shape index (κ2) is 10.4. The van der Waals surface area contributed by atoms with Crippen molar-refractivity contribution in [1.82, 2.24) is 0 Å². The summed E-state index contributed by atoms with van der Waals surface area (Å²) in [5, 5.41) is 9.05. The van der Waals surface area contributed by atoms with E-state index in [0.29, 0.717) is 36.7 Å². The molecule has 0 fully saturated rings. The van der Waals surface area contributed by atoms with Crippen molar-refractivity contribution in [3.63, 3.8) is 0 Å². The highest BCUT2D eigenvalue weighted by atomic mass is 32.9. The van der Waals surface area contributed by atoms with E-state index in [2.05, 4.69) is 6.58 Å². The van der Waals surface area contributed by atoms with E-state index in [9.17, 15) is 4.79 Å². The van der Waals surface area contributed by atoms with Crippen LogP contribution in [0, 0.1) is 3.82 Å². The summed E-state index contributed by atoms with van der Waals surface area (Å²) in [7, 11) is 4.78. The lowest BCUT2D eigenvalue weighted by atomic mass is 10.1. The Hall–Kier alpha value is -2.68. The molecule has 0 spiro atoms. The Bertz CT molecular complexity index is 1080. The maximum Gasteiger partial charge on any atom is 0.335 e. The zero-order valence-electron chi connectivity index (χ0n) is 16.3. The van der Waals surface area contributed by atoms with Crippen LogP contribution in [0.1, 0.15) is 12.0 Å². The maximum atomic E-state index is 11.0. The van der Waals surface area contributed by atoms with Crippen molar-refractivity contribution in [2.75, 3.05) is 20.3 Å². The standard InChI is InChI=1S/C22H20O5S3/c1-14(22(23)24)16-6-9-18(19(12-16)25-2)27-11-3-10-26-17-7-4-15(5-8-17)20-13-21(28)30-29-20/h4-9,12-13H,1,3,10-11H2,2H3,(H,23,24). The molecule has 156 valence electrons. The van der Waals surface area contributed by atoms with Crippen LogP contribution in [-0.4, -0.2) is 31.4 Å². The predicted octanol–water partition coefficient (Wildman–Crippen LogP) is 6.16. The van der Waals surface area contributed by atoms with Crippen LogP contribution < -0.4 is 14.2 Å². The summed E-state index contributed by atoms with van der Waals surface area (Å²) in [6.45, 7) is 4.50. The number of hydrogen-bond acceptors (Lipinski definition) is 7. The third-order valence-electron chi connectivity index (χ3n) is 4.19. The summed E-state index contributed by atoms with van der Waals surface area (Å²) >= 11 is 5.18. The average molecular weight is 461 g/mol. The van der Waals surface area contributed by atoms with E-state index in [0.717, 1.165) is 20.0 Å². The van der Waals surface area contributed by atoms with Gasteiger partial charge in [0, 0.05) is 11.3 Å². The number of hydrogen-bond donors (Lipinski definition) is 1. The minimum absolute atomic E-state index is 0.00329. The second-order valence-electron chi connectivity index (χ2n) is 6.22. The van der Waals surface area contributed by atoms with E-state index in [4.69, 9.17) is 31.5 Å². The largest absolute Gasteiger partial charge is 0.493 e. The first-order valence-electron chi connectivity index (χ1n) is 9.05. The number of carboxylic acid groups (broad SMARTS) is 1. The smallest absolute Gasteiger partial charge is 0.335 e. The number of carboxylic acids is 1. The van der Waals surface area contributed by atoms with Crippen LogP contribution in [0.4, 0.5) is 0 Å². The highest BCUT2D eigenvalue weighted by Crippen LogP contribution is 2.31. The van der Waals surface area contributed by atoms with Crippen LogP contribution >= 0.6 is 32.9 Å². The number of rotatable bonds is 10. The van der Waals surface area contributed by atoms with Crippen molar-refractivity contribution in [1.29, 1.82) is 0 Å². The van der Waals surface area contributed by atoms with Crippen LogP contribution in [0.15, 0.2) is 55.1 Å². The fraction of sp³-hybridized carbons (Fsp3) is 0.182. The van der Waals surface area contributed by atoms with Crippen molar-refractivity contribution in [3.05, 3.63) is 64.5 Å². The topological polar surface area (TPSA) is 65.0 Å². The van der Waals surface area contributed by atoms with E-state index in [1.165, 1.54) is 7.11 Å². The SMILES string of the molecule is C=C(C(=O)O)c1ccc(OCCCOc2ccc(-c3cc(=S)ss3)cc2)c(OC)c1. The number of benzene rings is 2. The van der Waals surface area contributed by atoms with Gasteiger partial charge in [0.15, 0.2) is 11.5 Å². The predicted molar refractivity (Wildman–Crippen MR) is 124 cm³/mol. The van der Waals surface area contributed by atoms with Gasteiger partial charge in [-0.3, -0.25) is 0 Å². The fourth-order valence-corrected chi connectivity index (χ4v) is 5.02. The Morgan fingerprint density at radius 1 is 1.03 bits per heavy atom. The molecule has 5 nitrogen and oxygen atoms in total. The van der Waals surface area contributed by atoms with Gasteiger partial charge in [-0.15, -0.1) is 0 Å². The van der Waals surface area contributed by atoms with E-state index in [1.54, 1.807) is 38.9 Å².